The Hall–Kier alpha value is -6.65. The summed E-state index contributed by atoms with van der Waals surface area (Å²) in [7, 11) is 0. The van der Waals surface area contributed by atoms with Gasteiger partial charge in [0.2, 0.25) is 42.0 Å². The van der Waals surface area contributed by atoms with Crippen molar-refractivity contribution in [3.63, 3.8) is 0 Å². The van der Waals surface area contributed by atoms with Crippen molar-refractivity contribution in [1.29, 1.82) is 0 Å². The van der Waals surface area contributed by atoms with Crippen LogP contribution in [0.5, 0.6) is 11.5 Å². The molecule has 30 nitrogen and oxygen atoms in total. The second kappa shape index (κ2) is 33.3. The van der Waals surface area contributed by atoms with Crippen LogP contribution in [0.4, 0.5) is 5.69 Å². The Kier molecular flexibility index (Phi) is 26.0. The van der Waals surface area contributed by atoms with Gasteiger partial charge in [-0.2, -0.15) is 0 Å². The predicted molar refractivity (Wildman–Crippen MR) is 331 cm³/mol. The molecule has 7 amide bonds. The molecule has 1 aromatic heterocycles. The summed E-state index contributed by atoms with van der Waals surface area (Å²) in [6, 6.07) is 7.13. The Bertz CT molecular complexity index is 3340. The average Bonchev–Trinajstić information content (AvgIpc) is 1.62. The fourth-order valence-corrected chi connectivity index (χ4v) is 13.6. The Morgan fingerprint density at radius 2 is 1.40 bits per heavy atom. The Morgan fingerprint density at radius 3 is 2.04 bits per heavy atom. The number of anilines is 1. The summed E-state index contributed by atoms with van der Waals surface area (Å²) in [5, 5.41) is 114. The Labute approximate surface area is 572 Å². The van der Waals surface area contributed by atoms with Gasteiger partial charge in [0.15, 0.2) is 17.6 Å². The molecule has 4 saturated heterocycles. The van der Waals surface area contributed by atoms with Crippen LogP contribution >= 0.6 is 23.7 Å². The largest absolute Gasteiger partial charge is 1.00 e. The molecule has 4 aliphatic heterocycles. The number of hydrogen-bond donors (Lipinski definition) is 12. The molecule has 3 aromatic carbocycles. The fraction of sp³-hybridized carbons (Fsp3) is 0.541. The number of amides is 7. The van der Waals surface area contributed by atoms with Gasteiger partial charge in [0, 0.05) is 99.4 Å². The topological polar surface area (TPSA) is 415 Å². The van der Waals surface area contributed by atoms with E-state index in [0.29, 0.717) is 21.6 Å². The molecule has 13 atom stereocenters. The van der Waals surface area contributed by atoms with Crippen molar-refractivity contribution >= 4 is 70.7 Å². The maximum Gasteiger partial charge on any atom is 1.00 e. The van der Waals surface area contributed by atoms with Gasteiger partial charge in [0.25, 0.3) is 18.2 Å². The second-order valence-corrected chi connectivity index (χ2v) is 25.8. The number of phenols is 1. The first-order chi connectivity index (χ1) is 44.5. The van der Waals surface area contributed by atoms with Gasteiger partial charge in [0.1, 0.15) is 46.3 Å². The maximum atomic E-state index is 14.7. The van der Waals surface area contributed by atoms with E-state index in [1.807, 2.05) is 12.1 Å². The molecule has 1 saturated carbocycles. The zero-order chi connectivity index (χ0) is 66.8. The van der Waals surface area contributed by atoms with Gasteiger partial charge in [-0.3, -0.25) is 43.5 Å². The third kappa shape index (κ3) is 17.9. The molecular formula is C61H77N12NaO18S2. The van der Waals surface area contributed by atoms with E-state index >= 15 is 0 Å². The summed E-state index contributed by atoms with van der Waals surface area (Å²) in [5.74, 6) is -8.86. The molecule has 502 valence electrons. The number of carbonyl (C=O) groups excluding carboxylic acids is 7. The number of β-amino-alcohol motifs (C(OH)–C–C–N with tert-alkyl or cyclic N) is 1. The van der Waals surface area contributed by atoms with Crippen LogP contribution < -0.4 is 70.5 Å². The molecule has 1 aliphatic carbocycles. The number of benzene rings is 3. The van der Waals surface area contributed by atoms with Crippen molar-refractivity contribution < 1.29 is 118 Å². The first-order valence-electron chi connectivity index (χ1n) is 30.7. The van der Waals surface area contributed by atoms with E-state index in [9.17, 15) is 74.6 Å². The number of hydrogen-bond acceptors (Lipinski definition) is 24. The summed E-state index contributed by atoms with van der Waals surface area (Å²) < 4.78 is 9.17. The van der Waals surface area contributed by atoms with Crippen LogP contribution in [0.2, 0.25) is 0 Å². The van der Waals surface area contributed by atoms with E-state index in [2.05, 4.69) is 79.9 Å². The minimum atomic E-state index is -2.16. The molecule has 0 spiro atoms. The monoisotopic (exact) mass is 1350 g/mol. The number of aromatic nitrogens is 2. The molecule has 0 bridgehead atoms. The van der Waals surface area contributed by atoms with Crippen LogP contribution in [0.25, 0.3) is 26.0 Å². The van der Waals surface area contributed by atoms with Crippen LogP contribution in [-0.4, -0.2) is 233 Å². The number of carbonyl (C=O) groups is 7. The zero-order valence-electron chi connectivity index (χ0n) is 52.2. The Balaban J connectivity index is 0.0000113. The SMILES string of the molecule is [C-]#[N+]C[C@@H](O)[C@@H]1NC(=O)[C@H]([C@H](O)Cc2ccc(O)c(OSOO[O-])c2)NC(=O)[C@@H]2C[C@H](O)CN2C(=O)[C@H]([C@H](C)O)NC(=O)[C@@H](NC(=O)c2ccc(-c3nnc(-c4ccc(N5CCN(C6CCC(C)CC6)CC5)cc4)s3)cc2)C[C@H](O)CNC(=O)[C@@H]2[C@@H](O)[C@H](C)CN2C1=O.[Na+]. The average molecular weight is 1350 g/mol. The van der Waals surface area contributed by atoms with Crippen molar-refractivity contribution in [3.8, 4) is 32.6 Å². The van der Waals surface area contributed by atoms with Gasteiger partial charge in [-0.25, -0.2) is 6.57 Å². The van der Waals surface area contributed by atoms with Crippen LogP contribution in [0.1, 0.15) is 75.2 Å². The predicted octanol–water partition coefficient (Wildman–Crippen LogP) is -4.68. The molecule has 0 unspecified atom stereocenters. The molecule has 5 heterocycles. The summed E-state index contributed by atoms with van der Waals surface area (Å²) in [4.78, 5) is 111. The van der Waals surface area contributed by atoms with Gasteiger partial charge in [-0.05, 0) is 92.6 Å². The molecular weight excluding hydrogens is 1280 g/mol. The summed E-state index contributed by atoms with van der Waals surface area (Å²) in [6.07, 6.45) is -7.21. The van der Waals surface area contributed by atoms with Gasteiger partial charge in [-0.15, -0.1) is 14.5 Å². The molecule has 0 radical (unpaired) electrons. The summed E-state index contributed by atoms with van der Waals surface area (Å²) in [6.45, 7) is 13.9. The quantitative estimate of drug-likeness (QED) is 0.0125. The van der Waals surface area contributed by atoms with E-state index < -0.39 is 165 Å². The molecule has 5 aliphatic rings. The van der Waals surface area contributed by atoms with Gasteiger partial charge in [-0.1, -0.05) is 43.4 Å². The van der Waals surface area contributed by atoms with Crippen LogP contribution in [0.15, 0.2) is 66.7 Å². The fourth-order valence-electron chi connectivity index (χ4n) is 12.5. The van der Waals surface area contributed by atoms with E-state index in [4.69, 9.17) is 10.8 Å². The number of nitrogens with zero attached hydrogens (tertiary/aromatic N) is 7. The van der Waals surface area contributed by atoms with Crippen molar-refractivity contribution in [2.45, 2.75) is 145 Å². The number of rotatable bonds is 16. The van der Waals surface area contributed by atoms with Crippen molar-refractivity contribution in [2.75, 3.05) is 57.3 Å². The van der Waals surface area contributed by atoms with Crippen molar-refractivity contribution in [3.05, 3.63) is 89.3 Å². The van der Waals surface area contributed by atoms with Crippen molar-refractivity contribution in [1.82, 2.24) is 51.5 Å². The maximum absolute atomic E-state index is 14.7. The van der Waals surface area contributed by atoms with E-state index in [1.165, 1.54) is 62.1 Å². The Morgan fingerprint density at radius 1 is 0.777 bits per heavy atom. The van der Waals surface area contributed by atoms with E-state index in [1.54, 1.807) is 12.1 Å². The normalized spacial score (nSPS) is 28.0. The molecule has 4 aromatic rings. The number of nitrogens with one attached hydrogen (secondary N) is 5. The number of fused-ring (bicyclic) bond motifs is 2. The molecule has 5 fully saturated rings. The molecule has 9 rings (SSSR count). The number of aromatic hydroxyl groups is 1. The molecule has 94 heavy (non-hydrogen) atoms. The standard InChI is InChI=1S/C61H78N12O18S2.Na/c1-31-5-14-38(15-6-31)70-19-21-71(22-20-70)39-16-12-37(13-17-39)59-69-68-58(92-59)36-10-8-35(9-11-36)53(81)64-42-25-40(75)27-63-57(85)51-52(80)32(2)29-73(51)61(87)50(46(79)28-62-4)67-56(84)49(45(78)23-34-7-18-44(77)47(24-34)89-93-91-90-88)66-55(83)43-26-41(76)30-72(43)60(86)48(33(3)74)65-54(42)82;/h7-13,16-18,24,31-33,38,40-43,45-46,48-52,74-80,88H,5-6,14-15,19-23,25-30H2,1-3H3,(H,63,85)(H,64,81)(H,65,82)(H,66,83)(H,67,84);/q;+1/p-1/t31?,32-,33+,38?,40+,41+,42+,43+,45-,46-,48+,49+,50+,51+,52+;/m1./s1. The van der Waals surface area contributed by atoms with E-state index in [0.717, 1.165) is 72.2 Å². The third-order valence-corrected chi connectivity index (χ3v) is 19.2. The minimum absolute atomic E-state index is 0. The van der Waals surface area contributed by atoms with Gasteiger partial charge >= 0.3 is 29.6 Å². The number of phenolic OH excluding ortho intramolecular Hbond substituents is 1. The first kappa shape index (κ1) is 73.2. The zero-order valence-corrected chi connectivity index (χ0v) is 55.8. The summed E-state index contributed by atoms with van der Waals surface area (Å²) >= 11 is 1.35. The smallest absolute Gasteiger partial charge is 0.691 e. The van der Waals surface area contributed by atoms with Crippen molar-refractivity contribution in [2.24, 2.45) is 11.8 Å². The minimum Gasteiger partial charge on any atom is -0.691 e. The van der Waals surface area contributed by atoms with E-state index in [-0.39, 0.29) is 65.3 Å². The number of piperazine rings is 1. The van der Waals surface area contributed by atoms with Crippen LogP contribution in [0.3, 0.4) is 0 Å². The van der Waals surface area contributed by atoms with Crippen LogP contribution in [-0.2, 0) is 44.6 Å². The molecule has 33 heteroatoms. The van der Waals surface area contributed by atoms with Gasteiger partial charge < -0.3 is 91.3 Å². The number of aliphatic hydroxyl groups is 6. The summed E-state index contributed by atoms with van der Waals surface area (Å²) in [5.41, 5.74) is 2.73. The third-order valence-electron chi connectivity index (χ3n) is 17.8. The first-order valence-corrected chi connectivity index (χ1v) is 32.2. The molecule has 12 N–H and O–H groups in total. The van der Waals surface area contributed by atoms with Gasteiger partial charge in [0.05, 0.1) is 30.5 Å². The number of aliphatic hydroxyl groups excluding tert-OH is 6. The van der Waals surface area contributed by atoms with Crippen LogP contribution in [0, 0.1) is 18.4 Å². The second-order valence-electron chi connectivity index (χ2n) is 24.4.